The summed E-state index contributed by atoms with van der Waals surface area (Å²) in [5.41, 5.74) is 1.92. The molecule has 2 N–H and O–H groups in total. The Morgan fingerprint density at radius 2 is 2.08 bits per heavy atom. The Morgan fingerprint density at radius 1 is 1.31 bits per heavy atom. The van der Waals surface area contributed by atoms with Crippen LogP contribution in [0.2, 0.25) is 0 Å². The molecule has 2 heterocycles. The number of amides is 1. The third-order valence-corrected chi connectivity index (χ3v) is 7.42. The van der Waals surface area contributed by atoms with Crippen molar-refractivity contribution in [1.29, 1.82) is 0 Å². The fraction of sp³-hybridized carbons (Fsp3) is 0.417. The lowest BCUT2D eigenvalue weighted by Gasteiger charge is -2.22. The lowest BCUT2D eigenvalue weighted by Crippen LogP contribution is -2.27. The lowest BCUT2D eigenvalue weighted by atomic mass is 9.89. The van der Waals surface area contributed by atoms with Crippen LogP contribution in [0.1, 0.15) is 47.4 Å². The molecule has 1 aromatic carbocycles. The first-order valence-corrected chi connectivity index (χ1v) is 14.2. The summed E-state index contributed by atoms with van der Waals surface area (Å²) in [4.78, 5) is 32.7. The van der Waals surface area contributed by atoms with E-state index < -0.39 is 15.9 Å². The van der Waals surface area contributed by atoms with Gasteiger partial charge >= 0.3 is 0 Å². The van der Waals surface area contributed by atoms with E-state index in [1.165, 1.54) is 11.3 Å². The molecule has 0 bridgehead atoms. The topological polar surface area (TPSA) is 140 Å². The van der Waals surface area contributed by atoms with Gasteiger partial charge in [-0.25, -0.2) is 13.4 Å². The molecule has 0 saturated heterocycles. The van der Waals surface area contributed by atoms with Gasteiger partial charge in [0.15, 0.2) is 0 Å². The largest absolute Gasteiger partial charge is 0.497 e. The number of benzene rings is 1. The summed E-state index contributed by atoms with van der Waals surface area (Å²) >= 11 is 1.29. The van der Waals surface area contributed by atoms with E-state index in [1.54, 1.807) is 7.11 Å². The molecule has 0 unspecified atom stereocenters. The highest BCUT2D eigenvalue weighted by Gasteiger charge is 2.20. The van der Waals surface area contributed by atoms with Gasteiger partial charge in [-0.2, -0.15) is 4.40 Å². The molecule has 4 rings (SSSR count). The minimum absolute atomic E-state index is 0.0431. The predicted octanol–water partition coefficient (Wildman–Crippen LogP) is 3.03. The number of methoxy groups -OCH3 is 1. The van der Waals surface area contributed by atoms with Crippen LogP contribution >= 0.6 is 11.3 Å². The molecular weight excluding hydrogens is 504 g/mol. The van der Waals surface area contributed by atoms with E-state index in [1.807, 2.05) is 29.6 Å². The van der Waals surface area contributed by atoms with Gasteiger partial charge in [0.1, 0.15) is 10.6 Å². The third-order valence-electron chi connectivity index (χ3n) is 5.91. The Balaban J connectivity index is 1.33. The highest BCUT2D eigenvalue weighted by atomic mass is 32.2. The van der Waals surface area contributed by atoms with Crippen LogP contribution in [0.15, 0.2) is 38.8 Å². The monoisotopic (exact) mass is 532 g/mol. The van der Waals surface area contributed by atoms with E-state index in [9.17, 15) is 18.0 Å². The third kappa shape index (κ3) is 6.77. The van der Waals surface area contributed by atoms with Gasteiger partial charge in [-0.1, -0.05) is 12.1 Å². The number of carbonyl (C=O) groups excluding carboxylic acids is 1. The molecule has 12 heteroatoms. The van der Waals surface area contributed by atoms with Crippen LogP contribution in [0.3, 0.4) is 0 Å². The molecule has 0 atom stereocenters. The summed E-state index contributed by atoms with van der Waals surface area (Å²) < 4.78 is 37.5. The lowest BCUT2D eigenvalue weighted by molar-refractivity contribution is 0.0812. The zero-order chi connectivity index (χ0) is 25.7. The second-order valence-electron chi connectivity index (χ2n) is 8.74. The summed E-state index contributed by atoms with van der Waals surface area (Å²) in [7, 11) is -1.77. The molecule has 1 aliphatic rings. The average Bonchev–Trinajstić information content (AvgIpc) is 3.26. The van der Waals surface area contributed by atoms with Gasteiger partial charge in [0.2, 0.25) is 15.8 Å². The standard InChI is InChI=1S/C24H28N4O6S2/c1-33-19-5-3-4-16(10-19)11-25-23(30)21-26-22(29)20-17(14-35-24(20)27-21)13-34-12-15-6-8-18(9-7-15)28-36(2,31)32/h3-5,10,14-15H,6-9,11-13H2,1-2H3,(H,25,30)(H,26,27,29). The summed E-state index contributed by atoms with van der Waals surface area (Å²) in [6, 6.07) is 7.34. The van der Waals surface area contributed by atoms with Crippen LogP contribution in [0.5, 0.6) is 5.75 Å². The number of thiophene rings is 1. The van der Waals surface area contributed by atoms with Gasteiger partial charge in [-0.15, -0.1) is 11.3 Å². The first-order chi connectivity index (χ1) is 17.2. The van der Waals surface area contributed by atoms with E-state index in [0.717, 1.165) is 35.9 Å². The summed E-state index contributed by atoms with van der Waals surface area (Å²) in [6.45, 7) is 1.04. The number of sulfonamides is 1. The summed E-state index contributed by atoms with van der Waals surface area (Å²) in [5.74, 6) is 0.486. The highest BCUT2D eigenvalue weighted by Crippen LogP contribution is 2.25. The first-order valence-electron chi connectivity index (χ1n) is 11.5. The normalized spacial score (nSPS) is 16.2. The average molecular weight is 533 g/mol. The Labute approximate surface area is 212 Å². The van der Waals surface area contributed by atoms with E-state index in [2.05, 4.69) is 19.7 Å². The van der Waals surface area contributed by atoms with Crippen LogP contribution in [0.25, 0.3) is 10.2 Å². The van der Waals surface area contributed by atoms with Crippen molar-refractivity contribution in [2.75, 3.05) is 20.0 Å². The van der Waals surface area contributed by atoms with E-state index in [-0.39, 0.29) is 24.5 Å². The molecule has 1 amide bonds. The minimum atomic E-state index is -3.35. The van der Waals surface area contributed by atoms with Gasteiger partial charge in [0.05, 0.1) is 25.4 Å². The number of hydrogen-bond donors (Lipinski definition) is 2. The van der Waals surface area contributed by atoms with Crippen molar-refractivity contribution in [3.63, 3.8) is 0 Å². The fourth-order valence-corrected chi connectivity index (χ4v) is 5.68. The Kier molecular flexibility index (Phi) is 8.17. The van der Waals surface area contributed by atoms with Gasteiger partial charge < -0.3 is 19.8 Å². The highest BCUT2D eigenvalue weighted by molar-refractivity contribution is 7.89. The molecule has 10 nitrogen and oxygen atoms in total. The number of fused-ring (bicyclic) bond motifs is 1. The summed E-state index contributed by atoms with van der Waals surface area (Å²) in [5, 5.41) is 5.01. The number of nitrogens with one attached hydrogen (secondary N) is 2. The molecule has 1 saturated carbocycles. The van der Waals surface area contributed by atoms with Crippen LogP contribution in [0.4, 0.5) is 0 Å². The first kappa shape index (κ1) is 26.0. The number of aromatic nitrogens is 2. The number of nitrogens with zero attached hydrogens (tertiary/aromatic N) is 2. The van der Waals surface area contributed by atoms with E-state index >= 15 is 0 Å². The van der Waals surface area contributed by atoms with E-state index in [4.69, 9.17) is 9.47 Å². The molecule has 0 aliphatic heterocycles. The van der Waals surface area contributed by atoms with Gasteiger partial charge in [0, 0.05) is 24.4 Å². The van der Waals surface area contributed by atoms with Crippen LogP contribution in [-0.4, -0.2) is 50.0 Å². The quantitative estimate of drug-likeness (QED) is 0.432. The molecule has 0 spiro atoms. The Morgan fingerprint density at radius 3 is 2.81 bits per heavy atom. The number of rotatable bonds is 9. The van der Waals surface area contributed by atoms with Gasteiger partial charge in [-0.05, 0) is 54.7 Å². The molecule has 3 aromatic rings. The van der Waals surface area contributed by atoms with Crippen molar-refractivity contribution in [2.24, 2.45) is 10.3 Å². The molecular formula is C24H28N4O6S2. The Hall–Kier alpha value is -3.09. The van der Waals surface area contributed by atoms with Crippen molar-refractivity contribution in [3.05, 3.63) is 57.0 Å². The second-order valence-corrected chi connectivity index (χ2v) is 11.2. The molecule has 192 valence electrons. The number of ether oxygens (including phenoxy) is 2. The van der Waals surface area contributed by atoms with Crippen molar-refractivity contribution in [1.82, 2.24) is 15.3 Å². The maximum atomic E-state index is 12.8. The molecule has 1 aliphatic carbocycles. The molecule has 1 fully saturated rings. The number of H-pyrrole nitrogens is 1. The van der Waals surface area contributed by atoms with Crippen LogP contribution in [-0.2, 0) is 27.9 Å². The fourth-order valence-electron chi connectivity index (χ4n) is 4.11. The van der Waals surface area contributed by atoms with Crippen LogP contribution < -0.4 is 15.6 Å². The van der Waals surface area contributed by atoms with Crippen molar-refractivity contribution in [3.8, 4) is 5.75 Å². The Bertz CT molecular complexity index is 1430. The maximum absolute atomic E-state index is 12.8. The van der Waals surface area contributed by atoms with Gasteiger partial charge in [-0.3, -0.25) is 9.59 Å². The second kappa shape index (κ2) is 11.3. The smallest absolute Gasteiger partial charge is 0.287 e. The molecule has 36 heavy (non-hydrogen) atoms. The summed E-state index contributed by atoms with van der Waals surface area (Å²) in [6.07, 6.45) is 4.03. The van der Waals surface area contributed by atoms with Crippen molar-refractivity contribution in [2.45, 2.75) is 38.8 Å². The number of carbonyl (C=O) groups is 1. The molecule has 0 radical (unpaired) electrons. The van der Waals surface area contributed by atoms with Crippen molar-refractivity contribution >= 4 is 43.2 Å². The number of hydrogen-bond acceptors (Lipinski definition) is 8. The number of aromatic amines is 1. The zero-order valence-corrected chi connectivity index (χ0v) is 21.7. The van der Waals surface area contributed by atoms with Crippen LogP contribution in [0, 0.1) is 5.92 Å². The minimum Gasteiger partial charge on any atom is -0.497 e. The van der Waals surface area contributed by atoms with E-state index in [0.29, 0.717) is 41.3 Å². The zero-order valence-electron chi connectivity index (χ0n) is 20.1. The maximum Gasteiger partial charge on any atom is 0.287 e. The van der Waals surface area contributed by atoms with Crippen molar-refractivity contribution < 1.29 is 22.7 Å². The van der Waals surface area contributed by atoms with Gasteiger partial charge in [0.25, 0.3) is 11.5 Å². The SMILES string of the molecule is COc1cccc(CNC(=O)c2nc3scc(COCC4CCC(=NS(C)(=O)=O)CC4)c3c(=O)[nH]2)c1. The predicted molar refractivity (Wildman–Crippen MR) is 138 cm³/mol. The molecule has 2 aromatic heterocycles.